The number of carboxylic acids is 1. The molecule has 0 saturated carbocycles. The largest absolute Gasteiger partial charge is 0.490 e. The van der Waals surface area contributed by atoms with E-state index in [4.69, 9.17) is 19.4 Å². The topological polar surface area (TPSA) is 79.3 Å². The summed E-state index contributed by atoms with van der Waals surface area (Å²) >= 11 is 0. The zero-order valence-corrected chi connectivity index (χ0v) is 18.8. The number of amides is 1. The molecule has 1 N–H and O–H groups in total. The molecule has 0 unspecified atom stereocenters. The van der Waals surface area contributed by atoms with Gasteiger partial charge < -0.3 is 19.5 Å². The van der Waals surface area contributed by atoms with Crippen LogP contribution in [0.4, 0.5) is 13.2 Å². The fraction of sp³-hybridized carbons (Fsp3) is 0.652. The molecule has 1 aromatic carbocycles. The Morgan fingerprint density at radius 3 is 2.30 bits per heavy atom. The smallest absolute Gasteiger partial charge is 0.475 e. The number of aliphatic carboxylic acids is 1. The van der Waals surface area contributed by atoms with Crippen LogP contribution in [0.5, 0.6) is 0 Å². The Labute approximate surface area is 191 Å². The highest BCUT2D eigenvalue weighted by Gasteiger charge is 2.42. The van der Waals surface area contributed by atoms with Crippen LogP contribution in [0.3, 0.4) is 0 Å². The van der Waals surface area contributed by atoms with Crippen molar-refractivity contribution in [3.63, 3.8) is 0 Å². The lowest BCUT2D eigenvalue weighted by atomic mass is 9.89. The van der Waals surface area contributed by atoms with Crippen LogP contribution in [0.25, 0.3) is 0 Å². The Balaban J connectivity index is 0.000000383. The summed E-state index contributed by atoms with van der Waals surface area (Å²) < 4.78 is 43.5. The van der Waals surface area contributed by atoms with Gasteiger partial charge in [-0.15, -0.1) is 0 Å². The molecule has 3 fully saturated rings. The quantitative estimate of drug-likeness (QED) is 0.729. The second kappa shape index (κ2) is 10.8. The molecular weight excluding hydrogens is 441 g/mol. The van der Waals surface area contributed by atoms with Crippen molar-refractivity contribution in [3.8, 4) is 0 Å². The van der Waals surface area contributed by atoms with Gasteiger partial charge in [-0.05, 0) is 38.2 Å². The van der Waals surface area contributed by atoms with E-state index in [2.05, 4.69) is 36.1 Å². The predicted octanol–water partition coefficient (Wildman–Crippen LogP) is 3.00. The van der Waals surface area contributed by atoms with Crippen LogP contribution >= 0.6 is 0 Å². The summed E-state index contributed by atoms with van der Waals surface area (Å²) in [5.74, 6) is -2.57. The van der Waals surface area contributed by atoms with Crippen LogP contribution in [0.15, 0.2) is 24.3 Å². The first kappa shape index (κ1) is 25.5. The number of nitrogens with zero attached hydrogens (tertiary/aromatic N) is 2. The standard InChI is InChI=1S/C21H30N2O3.C2HF3O2/c1-17-4-6-18(7-5-17)15-22-12-14-26-21(16-22)8-10-23(11-9-21)20(24)19-3-2-13-25-19;3-2(4,5)1(6)7/h4-7,19H,2-3,8-16H2,1H3;(H,6,7)/t19-;/m0./s1. The van der Waals surface area contributed by atoms with Crippen molar-refractivity contribution < 1.29 is 37.3 Å². The van der Waals surface area contributed by atoms with Crippen LogP contribution in [-0.2, 0) is 25.6 Å². The molecule has 0 aromatic heterocycles. The third-order valence-electron chi connectivity index (χ3n) is 6.29. The molecule has 0 radical (unpaired) electrons. The summed E-state index contributed by atoms with van der Waals surface area (Å²) in [5.41, 5.74) is 2.57. The maximum atomic E-state index is 12.6. The fourth-order valence-corrected chi connectivity index (χ4v) is 4.42. The van der Waals surface area contributed by atoms with Gasteiger partial charge in [-0.1, -0.05) is 29.8 Å². The average molecular weight is 473 g/mol. The Hall–Kier alpha value is -2.17. The highest BCUT2D eigenvalue weighted by atomic mass is 19.4. The lowest BCUT2D eigenvalue weighted by molar-refractivity contribution is -0.192. The molecule has 33 heavy (non-hydrogen) atoms. The van der Waals surface area contributed by atoms with E-state index in [-0.39, 0.29) is 17.6 Å². The number of aryl methyl sites for hydroxylation is 1. The number of likely N-dealkylation sites (tertiary alicyclic amines) is 1. The van der Waals surface area contributed by atoms with Gasteiger partial charge in [0.25, 0.3) is 5.91 Å². The number of carbonyl (C=O) groups is 2. The first-order chi connectivity index (χ1) is 15.6. The lowest BCUT2D eigenvalue weighted by Crippen LogP contribution is -2.58. The maximum absolute atomic E-state index is 12.6. The van der Waals surface area contributed by atoms with E-state index >= 15 is 0 Å². The fourth-order valence-electron chi connectivity index (χ4n) is 4.42. The zero-order chi connectivity index (χ0) is 24.1. The van der Waals surface area contributed by atoms with Crippen molar-refractivity contribution in [2.45, 2.75) is 57.0 Å². The first-order valence-corrected chi connectivity index (χ1v) is 11.2. The van der Waals surface area contributed by atoms with Gasteiger partial charge in [-0.3, -0.25) is 9.69 Å². The molecular formula is C23H31F3N2O5. The summed E-state index contributed by atoms with van der Waals surface area (Å²) in [4.78, 5) is 25.9. The van der Waals surface area contributed by atoms with E-state index in [1.54, 1.807) is 0 Å². The minimum atomic E-state index is -5.08. The number of ether oxygens (including phenoxy) is 2. The first-order valence-electron chi connectivity index (χ1n) is 11.2. The highest BCUT2D eigenvalue weighted by Crippen LogP contribution is 2.31. The molecule has 1 aromatic rings. The third kappa shape index (κ3) is 7.15. The summed E-state index contributed by atoms with van der Waals surface area (Å²) in [6, 6.07) is 8.81. The van der Waals surface area contributed by atoms with Gasteiger partial charge in [-0.25, -0.2) is 4.79 Å². The van der Waals surface area contributed by atoms with Gasteiger partial charge in [0.2, 0.25) is 0 Å². The monoisotopic (exact) mass is 472 g/mol. The summed E-state index contributed by atoms with van der Waals surface area (Å²) in [6.45, 7) is 8.13. The van der Waals surface area contributed by atoms with Crippen molar-refractivity contribution >= 4 is 11.9 Å². The predicted molar refractivity (Wildman–Crippen MR) is 114 cm³/mol. The van der Waals surface area contributed by atoms with Crippen LogP contribution in [0.1, 0.15) is 36.8 Å². The number of carboxylic acid groups (broad SMARTS) is 1. The molecule has 1 spiro atoms. The maximum Gasteiger partial charge on any atom is 0.490 e. The van der Waals surface area contributed by atoms with E-state index in [0.717, 1.165) is 71.6 Å². The molecule has 3 heterocycles. The van der Waals surface area contributed by atoms with E-state index in [9.17, 15) is 18.0 Å². The van der Waals surface area contributed by atoms with Crippen LogP contribution in [0.2, 0.25) is 0 Å². The van der Waals surface area contributed by atoms with Gasteiger partial charge >= 0.3 is 12.1 Å². The average Bonchev–Trinajstić information content (AvgIpc) is 3.30. The van der Waals surface area contributed by atoms with Crippen LogP contribution in [-0.4, -0.2) is 84.1 Å². The summed E-state index contributed by atoms with van der Waals surface area (Å²) in [5, 5.41) is 7.12. The summed E-state index contributed by atoms with van der Waals surface area (Å²) in [7, 11) is 0. The SMILES string of the molecule is Cc1ccc(CN2CCOC3(CCN(C(=O)[C@@H]4CCCO4)CC3)C2)cc1.O=C(O)C(F)(F)F. The Morgan fingerprint density at radius 1 is 1.12 bits per heavy atom. The van der Waals surface area contributed by atoms with Gasteiger partial charge in [0.1, 0.15) is 6.10 Å². The van der Waals surface area contributed by atoms with Gasteiger partial charge in [0.15, 0.2) is 0 Å². The van der Waals surface area contributed by atoms with Crippen LogP contribution < -0.4 is 0 Å². The molecule has 3 aliphatic rings. The van der Waals surface area contributed by atoms with Crippen molar-refractivity contribution in [2.75, 3.05) is 39.4 Å². The number of alkyl halides is 3. The van der Waals surface area contributed by atoms with Crippen molar-refractivity contribution in [2.24, 2.45) is 0 Å². The number of hydrogen-bond donors (Lipinski definition) is 1. The molecule has 0 aliphatic carbocycles. The number of rotatable bonds is 3. The second-order valence-corrected chi connectivity index (χ2v) is 8.86. The van der Waals surface area contributed by atoms with Gasteiger partial charge in [0, 0.05) is 39.3 Å². The lowest BCUT2D eigenvalue weighted by Gasteiger charge is -2.47. The molecule has 1 amide bonds. The van der Waals surface area contributed by atoms with Crippen molar-refractivity contribution in [1.82, 2.24) is 9.80 Å². The van der Waals surface area contributed by atoms with E-state index in [0.29, 0.717) is 0 Å². The molecule has 1 atom stereocenters. The summed E-state index contributed by atoms with van der Waals surface area (Å²) in [6.07, 6.45) is -1.55. The highest BCUT2D eigenvalue weighted by molar-refractivity contribution is 5.81. The zero-order valence-electron chi connectivity index (χ0n) is 18.8. The second-order valence-electron chi connectivity index (χ2n) is 8.86. The van der Waals surface area contributed by atoms with Crippen molar-refractivity contribution in [3.05, 3.63) is 35.4 Å². The van der Waals surface area contributed by atoms with Crippen LogP contribution in [0, 0.1) is 6.92 Å². The number of piperidine rings is 1. The van der Waals surface area contributed by atoms with Gasteiger partial charge in [-0.2, -0.15) is 13.2 Å². The van der Waals surface area contributed by atoms with Gasteiger partial charge in [0.05, 0.1) is 12.2 Å². The number of hydrogen-bond acceptors (Lipinski definition) is 5. The Morgan fingerprint density at radius 2 is 1.76 bits per heavy atom. The molecule has 7 nitrogen and oxygen atoms in total. The Kier molecular flexibility index (Phi) is 8.36. The normalized spacial score (nSPS) is 23.2. The minimum Gasteiger partial charge on any atom is -0.475 e. The molecule has 3 saturated heterocycles. The number of benzene rings is 1. The number of carbonyl (C=O) groups excluding carboxylic acids is 1. The van der Waals surface area contributed by atoms with Crippen molar-refractivity contribution in [1.29, 1.82) is 0 Å². The number of morpholine rings is 1. The minimum absolute atomic E-state index is 0.0870. The molecule has 0 bridgehead atoms. The van der Waals surface area contributed by atoms with E-state index in [1.807, 2.05) is 4.90 Å². The number of halogens is 3. The molecule has 3 aliphatic heterocycles. The third-order valence-corrected chi connectivity index (χ3v) is 6.29. The van der Waals surface area contributed by atoms with E-state index in [1.165, 1.54) is 11.1 Å². The van der Waals surface area contributed by atoms with E-state index < -0.39 is 12.1 Å². The Bertz CT molecular complexity index is 801. The molecule has 184 valence electrons. The molecule has 10 heteroatoms. The molecule has 4 rings (SSSR count).